The summed E-state index contributed by atoms with van der Waals surface area (Å²) >= 11 is 0. The van der Waals surface area contributed by atoms with Crippen LogP contribution in [-0.2, 0) is 9.59 Å². The van der Waals surface area contributed by atoms with Crippen molar-refractivity contribution in [1.82, 2.24) is 20.5 Å². The van der Waals surface area contributed by atoms with Crippen molar-refractivity contribution in [3.8, 4) is 0 Å². The van der Waals surface area contributed by atoms with Crippen molar-refractivity contribution in [2.75, 3.05) is 20.6 Å². The van der Waals surface area contributed by atoms with E-state index in [0.29, 0.717) is 24.7 Å². The number of aromatic amines is 1. The van der Waals surface area contributed by atoms with Crippen LogP contribution < -0.4 is 10.6 Å². The first-order valence-electron chi connectivity index (χ1n) is 7.45. The van der Waals surface area contributed by atoms with E-state index in [4.69, 9.17) is 9.90 Å². The van der Waals surface area contributed by atoms with Crippen LogP contribution in [0, 0.1) is 0 Å². The maximum absolute atomic E-state index is 11.8. The summed E-state index contributed by atoms with van der Waals surface area (Å²) in [5, 5.41) is 12.5. The third-order valence-corrected chi connectivity index (χ3v) is 4.03. The highest BCUT2D eigenvalue weighted by molar-refractivity contribution is 5.92. The molecule has 0 bridgehead atoms. The number of carbonyl (C=O) groups is 3. The smallest absolute Gasteiger partial charge is 0.290 e. The average molecular weight is 324 g/mol. The van der Waals surface area contributed by atoms with Gasteiger partial charge in [-0.3, -0.25) is 19.3 Å². The SMILES string of the molecule is CNC(=O)C[C@H]1CC[C@@H](CNC(=O)c2ccc[nH]2)N1C.O=CO. The van der Waals surface area contributed by atoms with E-state index in [2.05, 4.69) is 20.5 Å². The first-order valence-corrected chi connectivity index (χ1v) is 7.45. The number of likely N-dealkylation sites (N-methyl/N-ethyl adjacent to an activating group) is 1. The van der Waals surface area contributed by atoms with Gasteiger partial charge in [-0.2, -0.15) is 0 Å². The van der Waals surface area contributed by atoms with Gasteiger partial charge in [-0.1, -0.05) is 0 Å². The summed E-state index contributed by atoms with van der Waals surface area (Å²) in [5.41, 5.74) is 0.576. The van der Waals surface area contributed by atoms with Gasteiger partial charge in [0, 0.05) is 38.3 Å². The maximum Gasteiger partial charge on any atom is 0.290 e. The molecule has 0 saturated carbocycles. The van der Waals surface area contributed by atoms with Crippen LogP contribution in [0.3, 0.4) is 0 Å². The van der Waals surface area contributed by atoms with Gasteiger partial charge >= 0.3 is 0 Å². The predicted molar refractivity (Wildman–Crippen MR) is 85.1 cm³/mol. The van der Waals surface area contributed by atoms with Gasteiger partial charge in [0.1, 0.15) is 5.69 Å². The minimum absolute atomic E-state index is 0.0675. The molecule has 0 unspecified atom stereocenters. The van der Waals surface area contributed by atoms with E-state index in [9.17, 15) is 9.59 Å². The largest absolute Gasteiger partial charge is 0.483 e. The summed E-state index contributed by atoms with van der Waals surface area (Å²) in [6.07, 6.45) is 4.25. The summed E-state index contributed by atoms with van der Waals surface area (Å²) in [6, 6.07) is 4.11. The molecule has 128 valence electrons. The van der Waals surface area contributed by atoms with E-state index in [1.807, 2.05) is 7.05 Å². The molecule has 1 aliphatic heterocycles. The molecule has 0 aromatic carbocycles. The molecule has 1 aromatic rings. The topological polar surface area (TPSA) is 115 Å². The van der Waals surface area contributed by atoms with Crippen LogP contribution in [0.25, 0.3) is 0 Å². The number of hydrogen-bond donors (Lipinski definition) is 4. The molecule has 1 aliphatic rings. The summed E-state index contributed by atoms with van der Waals surface area (Å²) in [7, 11) is 3.68. The number of rotatable bonds is 5. The molecule has 1 saturated heterocycles. The van der Waals surface area contributed by atoms with Crippen molar-refractivity contribution in [1.29, 1.82) is 0 Å². The van der Waals surface area contributed by atoms with E-state index in [1.165, 1.54) is 0 Å². The van der Waals surface area contributed by atoms with Gasteiger partial charge in [0.2, 0.25) is 5.91 Å². The second kappa shape index (κ2) is 9.62. The van der Waals surface area contributed by atoms with Gasteiger partial charge < -0.3 is 20.7 Å². The molecular weight excluding hydrogens is 300 g/mol. The zero-order valence-electron chi connectivity index (χ0n) is 13.4. The van der Waals surface area contributed by atoms with E-state index in [-0.39, 0.29) is 24.3 Å². The summed E-state index contributed by atoms with van der Waals surface area (Å²) < 4.78 is 0. The number of H-pyrrole nitrogens is 1. The van der Waals surface area contributed by atoms with Crippen LogP contribution in [0.15, 0.2) is 18.3 Å². The lowest BCUT2D eigenvalue weighted by molar-refractivity contribution is -0.123. The van der Waals surface area contributed by atoms with Gasteiger partial charge in [0.05, 0.1) is 0 Å². The summed E-state index contributed by atoms with van der Waals surface area (Å²) in [4.78, 5) is 36.7. The van der Waals surface area contributed by atoms with Crippen LogP contribution in [0.4, 0.5) is 0 Å². The van der Waals surface area contributed by atoms with Crippen LogP contribution in [-0.4, -0.2) is 66.0 Å². The van der Waals surface area contributed by atoms with Crippen molar-refractivity contribution in [3.63, 3.8) is 0 Å². The minimum Gasteiger partial charge on any atom is -0.483 e. The fraction of sp³-hybridized carbons (Fsp3) is 0.533. The van der Waals surface area contributed by atoms with E-state index in [1.54, 1.807) is 25.4 Å². The number of carbonyl (C=O) groups excluding carboxylic acids is 2. The minimum atomic E-state index is -0.250. The number of hydrogen-bond acceptors (Lipinski definition) is 4. The zero-order valence-corrected chi connectivity index (χ0v) is 13.4. The highest BCUT2D eigenvalue weighted by atomic mass is 16.3. The van der Waals surface area contributed by atoms with E-state index >= 15 is 0 Å². The van der Waals surface area contributed by atoms with Gasteiger partial charge in [0.25, 0.3) is 12.4 Å². The fourth-order valence-electron chi connectivity index (χ4n) is 2.68. The van der Waals surface area contributed by atoms with E-state index in [0.717, 1.165) is 12.8 Å². The lowest BCUT2D eigenvalue weighted by atomic mass is 10.1. The number of aromatic nitrogens is 1. The van der Waals surface area contributed by atoms with Gasteiger partial charge in [-0.25, -0.2) is 0 Å². The first-order chi connectivity index (χ1) is 11.0. The highest BCUT2D eigenvalue weighted by Gasteiger charge is 2.31. The van der Waals surface area contributed by atoms with E-state index < -0.39 is 0 Å². The molecule has 1 fully saturated rings. The molecule has 8 nitrogen and oxygen atoms in total. The van der Waals surface area contributed by atoms with Crippen LogP contribution >= 0.6 is 0 Å². The standard InChI is InChI=1S/C14H22N4O2.CH2O2/c1-15-13(19)8-10-5-6-11(18(10)2)9-17-14(20)12-4-3-7-16-12;2-1-3/h3-4,7,10-11,16H,5-6,8-9H2,1-2H3,(H,15,19)(H,17,20);1H,(H,2,3)/t10-,11+;/m1./s1. The second-order valence-electron chi connectivity index (χ2n) is 5.33. The van der Waals surface area contributed by atoms with Crippen molar-refractivity contribution >= 4 is 18.3 Å². The molecule has 2 amide bonds. The molecule has 23 heavy (non-hydrogen) atoms. The number of nitrogens with one attached hydrogen (secondary N) is 3. The number of carboxylic acid groups (broad SMARTS) is 1. The third-order valence-electron chi connectivity index (χ3n) is 4.03. The Kier molecular flexibility index (Phi) is 7.82. The maximum atomic E-state index is 11.8. The normalized spacial score (nSPS) is 20.3. The first kappa shape index (κ1) is 18.7. The van der Waals surface area contributed by atoms with Crippen LogP contribution in [0.5, 0.6) is 0 Å². The molecule has 1 aromatic heterocycles. The number of amides is 2. The van der Waals surface area contributed by atoms with Crippen molar-refractivity contribution in [2.45, 2.75) is 31.3 Å². The van der Waals surface area contributed by atoms with Crippen molar-refractivity contribution < 1.29 is 19.5 Å². The van der Waals surface area contributed by atoms with Crippen molar-refractivity contribution in [2.24, 2.45) is 0 Å². The Labute approximate surface area is 135 Å². The van der Waals surface area contributed by atoms with Gasteiger partial charge in [-0.05, 0) is 32.0 Å². The van der Waals surface area contributed by atoms with Crippen LogP contribution in [0.2, 0.25) is 0 Å². The molecule has 2 atom stereocenters. The lowest BCUT2D eigenvalue weighted by Crippen LogP contribution is -2.42. The average Bonchev–Trinajstić information content (AvgIpc) is 3.17. The summed E-state index contributed by atoms with van der Waals surface area (Å²) in [6.45, 7) is 0.360. The Bertz CT molecular complexity index is 504. The molecule has 2 heterocycles. The summed E-state index contributed by atoms with van der Waals surface area (Å²) in [5.74, 6) is -0.0175. The highest BCUT2D eigenvalue weighted by Crippen LogP contribution is 2.24. The third kappa shape index (κ3) is 5.74. The second-order valence-corrected chi connectivity index (χ2v) is 5.33. The molecule has 0 radical (unpaired) electrons. The van der Waals surface area contributed by atoms with Crippen LogP contribution in [0.1, 0.15) is 29.8 Å². The van der Waals surface area contributed by atoms with Gasteiger partial charge in [0.15, 0.2) is 0 Å². The lowest BCUT2D eigenvalue weighted by Gasteiger charge is -2.25. The Morgan fingerprint density at radius 2 is 2.09 bits per heavy atom. The Hall–Kier alpha value is -2.35. The molecule has 0 aliphatic carbocycles. The Morgan fingerprint density at radius 1 is 1.43 bits per heavy atom. The molecule has 8 heteroatoms. The number of nitrogens with zero attached hydrogens (tertiary/aromatic N) is 1. The molecule has 2 rings (SSSR count). The predicted octanol–water partition coefficient (Wildman–Crippen LogP) is 0.0442. The molecule has 0 spiro atoms. The Balaban J connectivity index is 0.000000816. The van der Waals surface area contributed by atoms with Crippen molar-refractivity contribution in [3.05, 3.63) is 24.0 Å². The molecular formula is C15H24N4O4. The quantitative estimate of drug-likeness (QED) is 0.571. The fourth-order valence-corrected chi connectivity index (χ4v) is 2.68. The van der Waals surface area contributed by atoms with Gasteiger partial charge in [-0.15, -0.1) is 0 Å². The molecule has 4 N–H and O–H groups in total. The number of likely N-dealkylation sites (tertiary alicyclic amines) is 1. The zero-order chi connectivity index (χ0) is 17.2. The monoisotopic (exact) mass is 324 g/mol. The Morgan fingerprint density at radius 3 is 2.65 bits per heavy atom.